The Hall–Kier alpha value is -1.82. The van der Waals surface area contributed by atoms with Crippen molar-refractivity contribution in [2.24, 2.45) is 0 Å². The molecule has 1 unspecified atom stereocenters. The van der Waals surface area contributed by atoms with Crippen LogP contribution in [0.25, 0.3) is 0 Å². The molecule has 94 valence electrons. The molecule has 17 heavy (non-hydrogen) atoms. The van der Waals surface area contributed by atoms with Gasteiger partial charge >= 0.3 is 5.97 Å². The van der Waals surface area contributed by atoms with Crippen molar-refractivity contribution < 1.29 is 23.8 Å². The van der Waals surface area contributed by atoms with Gasteiger partial charge in [-0.15, -0.1) is 0 Å². The van der Waals surface area contributed by atoms with Crippen LogP contribution in [0.15, 0.2) is 12.1 Å². The lowest BCUT2D eigenvalue weighted by Crippen LogP contribution is -2.19. The number of nitrogen functional groups attached to an aromatic ring is 1. The Morgan fingerprint density at radius 3 is 2.76 bits per heavy atom. The lowest BCUT2D eigenvalue weighted by molar-refractivity contribution is 0.0691. The molecule has 5 nitrogen and oxygen atoms in total. The van der Waals surface area contributed by atoms with Crippen LogP contribution in [0.5, 0.6) is 5.75 Å². The Morgan fingerprint density at radius 1 is 1.59 bits per heavy atom. The van der Waals surface area contributed by atoms with Crippen molar-refractivity contribution in [2.45, 2.75) is 13.0 Å². The summed E-state index contributed by atoms with van der Waals surface area (Å²) in [5.41, 5.74) is 5.17. The van der Waals surface area contributed by atoms with Crippen LogP contribution in [-0.4, -0.2) is 30.9 Å². The fourth-order valence-corrected chi connectivity index (χ4v) is 1.32. The summed E-state index contributed by atoms with van der Waals surface area (Å²) in [7, 11) is 1.51. The van der Waals surface area contributed by atoms with Gasteiger partial charge in [-0.25, -0.2) is 9.18 Å². The first-order valence-electron chi connectivity index (χ1n) is 4.93. The largest absolute Gasteiger partial charge is 0.486 e. The number of rotatable bonds is 5. The SMILES string of the molecule is COCC(C)Oc1cc(F)c(C(=O)O)cc1N. The number of hydrogen-bond acceptors (Lipinski definition) is 4. The summed E-state index contributed by atoms with van der Waals surface area (Å²) in [5, 5.41) is 8.69. The van der Waals surface area contributed by atoms with Gasteiger partial charge in [0.25, 0.3) is 0 Å². The Kier molecular flexibility index (Phi) is 4.28. The molecule has 1 aromatic rings. The van der Waals surface area contributed by atoms with Crippen molar-refractivity contribution in [1.29, 1.82) is 0 Å². The lowest BCUT2D eigenvalue weighted by Gasteiger charge is -2.15. The van der Waals surface area contributed by atoms with E-state index < -0.39 is 17.3 Å². The topological polar surface area (TPSA) is 81.8 Å². The number of carboxylic acids is 1. The van der Waals surface area contributed by atoms with Crippen LogP contribution in [0.2, 0.25) is 0 Å². The van der Waals surface area contributed by atoms with Gasteiger partial charge in [0.1, 0.15) is 17.7 Å². The highest BCUT2D eigenvalue weighted by molar-refractivity contribution is 5.89. The zero-order valence-corrected chi connectivity index (χ0v) is 9.57. The van der Waals surface area contributed by atoms with E-state index in [1.807, 2.05) is 0 Å². The van der Waals surface area contributed by atoms with Crippen molar-refractivity contribution >= 4 is 11.7 Å². The second-order valence-corrected chi connectivity index (χ2v) is 3.56. The third kappa shape index (κ3) is 3.32. The van der Waals surface area contributed by atoms with Gasteiger partial charge in [0, 0.05) is 13.2 Å². The maximum atomic E-state index is 13.4. The van der Waals surface area contributed by atoms with Crippen molar-refractivity contribution in [3.05, 3.63) is 23.5 Å². The first kappa shape index (κ1) is 13.2. The van der Waals surface area contributed by atoms with Gasteiger partial charge in [-0.05, 0) is 13.0 Å². The second kappa shape index (κ2) is 5.49. The van der Waals surface area contributed by atoms with Crippen LogP contribution in [0.1, 0.15) is 17.3 Å². The van der Waals surface area contributed by atoms with Crippen LogP contribution in [-0.2, 0) is 4.74 Å². The highest BCUT2D eigenvalue weighted by Gasteiger charge is 2.15. The molecular weight excluding hydrogens is 229 g/mol. The molecule has 0 aliphatic rings. The fraction of sp³-hybridized carbons (Fsp3) is 0.364. The van der Waals surface area contributed by atoms with E-state index in [4.69, 9.17) is 20.3 Å². The standard InChI is InChI=1S/C11H14FNO4/c1-6(5-16-2)17-10-4-8(12)7(11(14)15)3-9(10)13/h3-4,6H,5,13H2,1-2H3,(H,14,15). The number of carbonyl (C=O) groups is 1. The molecule has 1 atom stereocenters. The highest BCUT2D eigenvalue weighted by atomic mass is 19.1. The highest BCUT2D eigenvalue weighted by Crippen LogP contribution is 2.26. The maximum Gasteiger partial charge on any atom is 0.338 e. The smallest absolute Gasteiger partial charge is 0.338 e. The van der Waals surface area contributed by atoms with Gasteiger partial charge < -0.3 is 20.3 Å². The number of anilines is 1. The van der Waals surface area contributed by atoms with Gasteiger partial charge in [-0.3, -0.25) is 0 Å². The van der Waals surface area contributed by atoms with Crippen LogP contribution in [0.3, 0.4) is 0 Å². The summed E-state index contributed by atoms with van der Waals surface area (Å²) >= 11 is 0. The van der Waals surface area contributed by atoms with E-state index in [2.05, 4.69) is 0 Å². The zero-order valence-electron chi connectivity index (χ0n) is 9.57. The van der Waals surface area contributed by atoms with Crippen molar-refractivity contribution in [3.63, 3.8) is 0 Å². The average molecular weight is 243 g/mol. The van der Waals surface area contributed by atoms with Gasteiger partial charge in [0.05, 0.1) is 17.9 Å². The number of ether oxygens (including phenoxy) is 2. The summed E-state index contributed by atoms with van der Waals surface area (Å²) in [6.45, 7) is 2.05. The first-order valence-corrected chi connectivity index (χ1v) is 4.93. The number of nitrogens with two attached hydrogens (primary N) is 1. The number of methoxy groups -OCH3 is 1. The molecule has 0 aliphatic heterocycles. The monoisotopic (exact) mass is 243 g/mol. The Labute approximate surface area is 97.9 Å². The molecule has 0 fully saturated rings. The molecule has 0 saturated heterocycles. The minimum Gasteiger partial charge on any atom is -0.486 e. The third-order valence-electron chi connectivity index (χ3n) is 2.06. The number of halogens is 1. The zero-order chi connectivity index (χ0) is 13.0. The van der Waals surface area contributed by atoms with E-state index in [0.29, 0.717) is 6.61 Å². The summed E-state index contributed by atoms with van der Waals surface area (Å²) in [6.07, 6.45) is -0.308. The van der Waals surface area contributed by atoms with Crippen molar-refractivity contribution in [1.82, 2.24) is 0 Å². The normalized spacial score (nSPS) is 12.2. The molecule has 3 N–H and O–H groups in total. The van der Waals surface area contributed by atoms with E-state index in [0.717, 1.165) is 12.1 Å². The molecule has 6 heteroatoms. The van der Waals surface area contributed by atoms with Gasteiger partial charge in [0.2, 0.25) is 0 Å². The molecule has 0 spiro atoms. The maximum absolute atomic E-state index is 13.4. The van der Waals surface area contributed by atoms with Crippen LogP contribution >= 0.6 is 0 Å². The van der Waals surface area contributed by atoms with Gasteiger partial charge in [-0.2, -0.15) is 0 Å². The predicted octanol–water partition coefficient (Wildman–Crippen LogP) is 1.52. The second-order valence-electron chi connectivity index (χ2n) is 3.56. The predicted molar refractivity (Wildman–Crippen MR) is 59.7 cm³/mol. The molecule has 0 aliphatic carbocycles. The number of hydrogen-bond donors (Lipinski definition) is 2. The molecule has 0 bridgehead atoms. The van der Waals surface area contributed by atoms with E-state index >= 15 is 0 Å². The number of carboxylic acid groups (broad SMARTS) is 1. The van der Waals surface area contributed by atoms with Gasteiger partial charge in [0.15, 0.2) is 0 Å². The summed E-state index contributed by atoms with van der Waals surface area (Å²) in [5.74, 6) is -2.14. The fourth-order valence-electron chi connectivity index (χ4n) is 1.32. The first-order chi connectivity index (χ1) is 7.95. The Bertz CT molecular complexity index is 422. The molecule has 0 heterocycles. The Balaban J connectivity index is 2.95. The van der Waals surface area contributed by atoms with Crippen molar-refractivity contribution in [3.8, 4) is 5.75 Å². The molecule has 0 amide bonds. The summed E-state index contributed by atoms with van der Waals surface area (Å²) < 4.78 is 23.5. The molecule has 0 radical (unpaired) electrons. The third-order valence-corrected chi connectivity index (χ3v) is 2.06. The minimum absolute atomic E-state index is 0.0757. The van der Waals surface area contributed by atoms with Crippen LogP contribution < -0.4 is 10.5 Å². The average Bonchev–Trinajstić information content (AvgIpc) is 2.22. The van der Waals surface area contributed by atoms with Gasteiger partial charge in [-0.1, -0.05) is 0 Å². The van der Waals surface area contributed by atoms with E-state index in [1.54, 1.807) is 6.92 Å². The van der Waals surface area contributed by atoms with E-state index in [1.165, 1.54) is 7.11 Å². The molecule has 0 aromatic heterocycles. The van der Waals surface area contributed by atoms with Crippen LogP contribution in [0, 0.1) is 5.82 Å². The van der Waals surface area contributed by atoms with Crippen LogP contribution in [0.4, 0.5) is 10.1 Å². The number of benzene rings is 1. The number of aromatic carboxylic acids is 1. The molecule has 0 saturated carbocycles. The van der Waals surface area contributed by atoms with Crippen molar-refractivity contribution in [2.75, 3.05) is 19.5 Å². The summed E-state index contributed by atoms with van der Waals surface area (Å²) in [6, 6.07) is 2.00. The molecular formula is C11H14FNO4. The van der Waals surface area contributed by atoms with E-state index in [-0.39, 0.29) is 17.5 Å². The minimum atomic E-state index is -1.37. The molecule has 1 aromatic carbocycles. The quantitative estimate of drug-likeness (QED) is 0.766. The Morgan fingerprint density at radius 2 is 2.24 bits per heavy atom. The molecule has 1 rings (SSSR count). The summed E-state index contributed by atoms with van der Waals surface area (Å²) in [4.78, 5) is 10.7. The lowest BCUT2D eigenvalue weighted by atomic mass is 10.1. The van der Waals surface area contributed by atoms with E-state index in [9.17, 15) is 9.18 Å².